The summed E-state index contributed by atoms with van der Waals surface area (Å²) in [6, 6.07) is 0.0762. The molecular formula is C9H15N3S. The molecule has 72 valence electrons. The molecule has 0 saturated heterocycles. The molecule has 0 fully saturated rings. The van der Waals surface area contributed by atoms with Crippen molar-refractivity contribution in [3.63, 3.8) is 0 Å². The summed E-state index contributed by atoms with van der Waals surface area (Å²) in [7, 11) is 0. The van der Waals surface area contributed by atoms with Crippen LogP contribution in [0.4, 0.5) is 5.13 Å². The summed E-state index contributed by atoms with van der Waals surface area (Å²) in [5, 5.41) is 0.651. The predicted octanol–water partition coefficient (Wildman–Crippen LogP) is 1.70. The highest BCUT2D eigenvalue weighted by Gasteiger charge is 2.32. The van der Waals surface area contributed by atoms with Crippen molar-refractivity contribution in [1.29, 1.82) is 0 Å². The standard InChI is InChI=1S/C9H15N3S/c1-9(2)3-5(10)7-6(4-9)13-8(11)12-7/h5H,3-4,10H2,1-2H3,(H2,11,12). The van der Waals surface area contributed by atoms with Crippen molar-refractivity contribution in [2.45, 2.75) is 32.7 Å². The first-order chi connectivity index (χ1) is 5.98. The lowest BCUT2D eigenvalue weighted by molar-refractivity contribution is 0.283. The number of nitrogen functional groups attached to an aromatic ring is 1. The Kier molecular flexibility index (Phi) is 1.85. The topological polar surface area (TPSA) is 64.9 Å². The molecule has 0 spiro atoms. The van der Waals surface area contributed by atoms with Gasteiger partial charge >= 0.3 is 0 Å². The summed E-state index contributed by atoms with van der Waals surface area (Å²) in [5.41, 5.74) is 13.0. The molecule has 1 aliphatic rings. The molecule has 0 amide bonds. The Morgan fingerprint density at radius 1 is 1.54 bits per heavy atom. The quantitative estimate of drug-likeness (QED) is 0.665. The largest absolute Gasteiger partial charge is 0.375 e. The van der Waals surface area contributed by atoms with Crippen LogP contribution in [0.1, 0.15) is 36.9 Å². The molecule has 1 heterocycles. The summed E-state index contributed by atoms with van der Waals surface area (Å²) in [4.78, 5) is 5.55. The van der Waals surface area contributed by atoms with Crippen LogP contribution in [0, 0.1) is 5.41 Å². The van der Waals surface area contributed by atoms with E-state index in [-0.39, 0.29) is 6.04 Å². The predicted molar refractivity (Wildman–Crippen MR) is 55.6 cm³/mol. The van der Waals surface area contributed by atoms with Gasteiger partial charge in [-0.2, -0.15) is 0 Å². The van der Waals surface area contributed by atoms with E-state index >= 15 is 0 Å². The van der Waals surface area contributed by atoms with Crippen molar-refractivity contribution in [2.75, 3.05) is 5.73 Å². The van der Waals surface area contributed by atoms with Gasteiger partial charge in [-0.05, 0) is 18.3 Å². The third-order valence-corrected chi connectivity index (χ3v) is 3.41. The van der Waals surface area contributed by atoms with Crippen LogP contribution >= 0.6 is 11.3 Å². The van der Waals surface area contributed by atoms with Crippen LogP contribution in [-0.4, -0.2) is 4.98 Å². The van der Waals surface area contributed by atoms with E-state index < -0.39 is 0 Å². The Labute approximate surface area is 82.2 Å². The van der Waals surface area contributed by atoms with Gasteiger partial charge < -0.3 is 11.5 Å². The third-order valence-electron chi connectivity index (χ3n) is 2.51. The molecule has 0 aromatic carbocycles. The van der Waals surface area contributed by atoms with Gasteiger partial charge in [0.25, 0.3) is 0 Å². The molecule has 1 unspecified atom stereocenters. The van der Waals surface area contributed by atoms with Gasteiger partial charge in [0, 0.05) is 10.9 Å². The molecule has 13 heavy (non-hydrogen) atoms. The number of nitrogens with zero attached hydrogens (tertiary/aromatic N) is 1. The van der Waals surface area contributed by atoms with E-state index in [1.165, 1.54) is 4.88 Å². The van der Waals surface area contributed by atoms with E-state index in [0.717, 1.165) is 18.5 Å². The number of aromatic nitrogens is 1. The molecule has 4 N–H and O–H groups in total. The highest BCUT2D eigenvalue weighted by Crippen LogP contribution is 2.41. The Hall–Kier alpha value is -0.610. The molecule has 0 saturated carbocycles. The zero-order chi connectivity index (χ0) is 9.64. The molecule has 1 aromatic heterocycles. The van der Waals surface area contributed by atoms with Crippen molar-refractivity contribution in [3.05, 3.63) is 10.6 Å². The van der Waals surface area contributed by atoms with E-state index in [2.05, 4.69) is 18.8 Å². The number of hydrogen-bond donors (Lipinski definition) is 2. The second kappa shape index (κ2) is 2.69. The van der Waals surface area contributed by atoms with Gasteiger partial charge in [0.15, 0.2) is 5.13 Å². The maximum Gasteiger partial charge on any atom is 0.180 e. The molecule has 1 atom stereocenters. The molecule has 0 bridgehead atoms. The number of hydrogen-bond acceptors (Lipinski definition) is 4. The Balaban J connectivity index is 2.42. The van der Waals surface area contributed by atoms with Crippen molar-refractivity contribution < 1.29 is 0 Å². The van der Waals surface area contributed by atoms with E-state index in [4.69, 9.17) is 11.5 Å². The van der Waals surface area contributed by atoms with Crippen molar-refractivity contribution in [2.24, 2.45) is 11.1 Å². The van der Waals surface area contributed by atoms with Crippen LogP contribution in [-0.2, 0) is 6.42 Å². The summed E-state index contributed by atoms with van der Waals surface area (Å²) in [6.07, 6.45) is 2.06. The number of rotatable bonds is 0. The van der Waals surface area contributed by atoms with Crippen LogP contribution in [0.25, 0.3) is 0 Å². The smallest absolute Gasteiger partial charge is 0.180 e. The third kappa shape index (κ3) is 1.56. The lowest BCUT2D eigenvalue weighted by Gasteiger charge is -2.32. The van der Waals surface area contributed by atoms with Gasteiger partial charge in [0.05, 0.1) is 5.69 Å². The number of anilines is 1. The van der Waals surface area contributed by atoms with Crippen LogP contribution in [0.3, 0.4) is 0 Å². The lowest BCUT2D eigenvalue weighted by atomic mass is 9.77. The fourth-order valence-electron chi connectivity index (χ4n) is 2.00. The van der Waals surface area contributed by atoms with Crippen molar-refractivity contribution >= 4 is 16.5 Å². The summed E-state index contributed by atoms with van der Waals surface area (Å²) >= 11 is 1.58. The average molecular weight is 197 g/mol. The molecule has 0 radical (unpaired) electrons. The van der Waals surface area contributed by atoms with Crippen LogP contribution in [0.2, 0.25) is 0 Å². The Bertz CT molecular complexity index is 330. The molecule has 2 rings (SSSR count). The molecule has 4 heteroatoms. The molecule has 1 aromatic rings. The Morgan fingerprint density at radius 2 is 2.23 bits per heavy atom. The second-order valence-electron chi connectivity index (χ2n) is 4.51. The normalized spacial score (nSPS) is 25.6. The summed E-state index contributed by atoms with van der Waals surface area (Å²) < 4.78 is 0. The van der Waals surface area contributed by atoms with Gasteiger partial charge in [0.1, 0.15) is 0 Å². The minimum absolute atomic E-state index is 0.0762. The lowest BCUT2D eigenvalue weighted by Crippen LogP contribution is -2.29. The van der Waals surface area contributed by atoms with E-state index in [9.17, 15) is 0 Å². The van der Waals surface area contributed by atoms with E-state index in [0.29, 0.717) is 10.5 Å². The van der Waals surface area contributed by atoms with Gasteiger partial charge in [-0.3, -0.25) is 0 Å². The zero-order valence-corrected chi connectivity index (χ0v) is 8.82. The fraction of sp³-hybridized carbons (Fsp3) is 0.667. The summed E-state index contributed by atoms with van der Waals surface area (Å²) in [6.45, 7) is 4.48. The van der Waals surface area contributed by atoms with Gasteiger partial charge in [0.2, 0.25) is 0 Å². The maximum atomic E-state index is 6.02. The number of nitrogens with two attached hydrogens (primary N) is 2. The highest BCUT2D eigenvalue weighted by atomic mass is 32.1. The average Bonchev–Trinajstić information content (AvgIpc) is 2.27. The molecule has 1 aliphatic carbocycles. The van der Waals surface area contributed by atoms with E-state index in [1.54, 1.807) is 11.3 Å². The number of thiazole rings is 1. The van der Waals surface area contributed by atoms with Crippen LogP contribution in [0.5, 0.6) is 0 Å². The van der Waals surface area contributed by atoms with Crippen LogP contribution < -0.4 is 11.5 Å². The van der Waals surface area contributed by atoms with Gasteiger partial charge in [-0.25, -0.2) is 4.98 Å². The monoisotopic (exact) mass is 197 g/mol. The molecular weight excluding hydrogens is 182 g/mol. The second-order valence-corrected chi connectivity index (χ2v) is 5.63. The Morgan fingerprint density at radius 3 is 2.92 bits per heavy atom. The van der Waals surface area contributed by atoms with Gasteiger partial charge in [-0.15, -0.1) is 11.3 Å². The van der Waals surface area contributed by atoms with Crippen molar-refractivity contribution in [1.82, 2.24) is 4.98 Å². The molecule has 0 aliphatic heterocycles. The highest BCUT2D eigenvalue weighted by molar-refractivity contribution is 7.15. The first kappa shape index (κ1) is 8.97. The maximum absolute atomic E-state index is 6.02. The first-order valence-electron chi connectivity index (χ1n) is 4.49. The number of fused-ring (bicyclic) bond motifs is 1. The zero-order valence-electron chi connectivity index (χ0n) is 8.00. The van der Waals surface area contributed by atoms with Gasteiger partial charge in [-0.1, -0.05) is 13.8 Å². The minimum Gasteiger partial charge on any atom is -0.375 e. The fourth-order valence-corrected chi connectivity index (χ4v) is 3.16. The van der Waals surface area contributed by atoms with Crippen LogP contribution in [0.15, 0.2) is 0 Å². The van der Waals surface area contributed by atoms with Crippen molar-refractivity contribution in [3.8, 4) is 0 Å². The summed E-state index contributed by atoms with van der Waals surface area (Å²) in [5.74, 6) is 0. The van der Waals surface area contributed by atoms with E-state index in [1.807, 2.05) is 0 Å². The first-order valence-corrected chi connectivity index (χ1v) is 5.30. The SMILES string of the molecule is CC1(C)Cc2sc(N)nc2C(N)C1. The minimum atomic E-state index is 0.0762. The molecule has 3 nitrogen and oxygen atoms in total.